The van der Waals surface area contributed by atoms with Crippen LogP contribution < -0.4 is 14.6 Å². The molecule has 3 aromatic heterocycles. The lowest BCUT2D eigenvalue weighted by Gasteiger charge is -2.30. The Morgan fingerprint density at radius 3 is 2.57 bits per heavy atom. The Labute approximate surface area is 219 Å². The minimum Gasteiger partial charge on any atom is -0.470 e. The Morgan fingerprint density at radius 1 is 1.05 bits per heavy atom. The van der Waals surface area contributed by atoms with Crippen LogP contribution in [-0.4, -0.2) is 64.9 Å². The fourth-order valence-electron chi connectivity index (χ4n) is 4.53. The molecule has 11 heteroatoms. The highest BCUT2D eigenvalue weighted by Gasteiger charge is 2.24. The van der Waals surface area contributed by atoms with E-state index in [2.05, 4.69) is 68.1 Å². The number of hydrazine groups is 1. The molecule has 0 radical (unpaired) electrons. The largest absolute Gasteiger partial charge is 0.470 e. The molecule has 0 atom stereocenters. The van der Waals surface area contributed by atoms with Gasteiger partial charge >= 0.3 is 6.01 Å². The molecule has 37 heavy (non-hydrogen) atoms. The van der Waals surface area contributed by atoms with Crippen molar-refractivity contribution < 1.29 is 9.26 Å². The predicted octanol–water partition coefficient (Wildman–Crippen LogP) is 4.81. The van der Waals surface area contributed by atoms with Crippen LogP contribution in [0.25, 0.3) is 21.6 Å². The third kappa shape index (κ3) is 5.01. The molecule has 1 fully saturated rings. The van der Waals surface area contributed by atoms with Crippen LogP contribution in [0.5, 0.6) is 5.19 Å². The Hall–Kier alpha value is -3.57. The molecule has 10 nitrogen and oxygen atoms in total. The van der Waals surface area contributed by atoms with Gasteiger partial charge in [0, 0.05) is 31.6 Å². The lowest BCUT2D eigenvalue weighted by atomic mass is 9.98. The van der Waals surface area contributed by atoms with E-state index in [1.807, 2.05) is 30.5 Å². The third-order valence-electron chi connectivity index (χ3n) is 6.78. The molecule has 5 heterocycles. The lowest BCUT2D eigenvalue weighted by molar-refractivity contribution is 0.219. The van der Waals surface area contributed by atoms with Gasteiger partial charge in [-0.1, -0.05) is 42.5 Å². The van der Waals surface area contributed by atoms with Crippen LogP contribution in [-0.2, 0) is 0 Å². The van der Waals surface area contributed by atoms with Crippen molar-refractivity contribution in [2.75, 3.05) is 43.3 Å². The summed E-state index contributed by atoms with van der Waals surface area (Å²) in [6.45, 7) is 7.23. The van der Waals surface area contributed by atoms with E-state index in [0.29, 0.717) is 30.4 Å². The molecular formula is C26H30N8O2S. The molecule has 6 rings (SSSR count). The molecule has 0 unspecified atom stereocenters. The van der Waals surface area contributed by atoms with Crippen molar-refractivity contribution >= 4 is 39.7 Å². The third-order valence-corrected chi connectivity index (χ3v) is 7.66. The van der Waals surface area contributed by atoms with E-state index in [-0.39, 0.29) is 5.92 Å². The molecule has 4 aromatic rings. The van der Waals surface area contributed by atoms with Gasteiger partial charge < -0.3 is 14.2 Å². The van der Waals surface area contributed by atoms with Crippen molar-refractivity contribution in [2.24, 2.45) is 10.9 Å². The van der Waals surface area contributed by atoms with Crippen molar-refractivity contribution in [1.82, 2.24) is 25.1 Å². The zero-order chi connectivity index (χ0) is 25.4. The number of fused-ring (bicyclic) bond motifs is 1. The van der Waals surface area contributed by atoms with E-state index in [4.69, 9.17) is 14.2 Å². The van der Waals surface area contributed by atoms with Crippen LogP contribution in [0.3, 0.4) is 0 Å². The summed E-state index contributed by atoms with van der Waals surface area (Å²) in [6, 6.07) is 13.0. The van der Waals surface area contributed by atoms with E-state index < -0.39 is 0 Å². The first-order chi connectivity index (χ1) is 18.0. The maximum Gasteiger partial charge on any atom is 0.324 e. The molecule has 0 N–H and O–H groups in total. The minimum atomic E-state index is 0.265. The molecular weight excluding hydrogens is 488 g/mol. The van der Waals surface area contributed by atoms with Crippen molar-refractivity contribution in [2.45, 2.75) is 32.6 Å². The SMILES string of the molecule is CC(C)c1noc(N2CCC(COc3nc4ccc(-c5ccc(N6C=NCN6C)cc5)nc4s3)CC2)n1. The molecule has 0 bridgehead atoms. The van der Waals surface area contributed by atoms with Crippen LogP contribution in [0.15, 0.2) is 45.9 Å². The summed E-state index contributed by atoms with van der Waals surface area (Å²) in [5.41, 5.74) is 3.92. The lowest BCUT2D eigenvalue weighted by Crippen LogP contribution is -2.35. The molecule has 0 saturated carbocycles. The number of anilines is 2. The van der Waals surface area contributed by atoms with Gasteiger partial charge in [-0.25, -0.2) is 9.97 Å². The molecule has 0 aliphatic carbocycles. The number of rotatable bonds is 7. The fraction of sp³-hybridized carbons (Fsp3) is 0.423. The fourth-order valence-corrected chi connectivity index (χ4v) is 5.32. The van der Waals surface area contributed by atoms with Crippen molar-refractivity contribution in [1.29, 1.82) is 0 Å². The highest BCUT2D eigenvalue weighted by Crippen LogP contribution is 2.31. The number of piperidine rings is 1. The minimum absolute atomic E-state index is 0.265. The number of benzene rings is 1. The summed E-state index contributed by atoms with van der Waals surface area (Å²) < 4.78 is 11.6. The maximum atomic E-state index is 6.11. The highest BCUT2D eigenvalue weighted by molar-refractivity contribution is 7.19. The number of aromatic nitrogens is 4. The van der Waals surface area contributed by atoms with Gasteiger partial charge in [-0.15, -0.1) is 0 Å². The summed E-state index contributed by atoms with van der Waals surface area (Å²) >= 11 is 1.50. The summed E-state index contributed by atoms with van der Waals surface area (Å²) in [5.74, 6) is 1.49. The summed E-state index contributed by atoms with van der Waals surface area (Å²) in [4.78, 5) is 21.4. The number of thiazole rings is 1. The average Bonchev–Trinajstić information content (AvgIpc) is 3.67. The number of nitrogens with zero attached hydrogens (tertiary/aromatic N) is 8. The van der Waals surface area contributed by atoms with Gasteiger partial charge in [0.15, 0.2) is 5.82 Å². The van der Waals surface area contributed by atoms with Crippen LogP contribution in [0.4, 0.5) is 11.7 Å². The van der Waals surface area contributed by atoms with Crippen molar-refractivity contribution in [3.8, 4) is 16.5 Å². The Balaban J connectivity index is 1.06. The van der Waals surface area contributed by atoms with E-state index >= 15 is 0 Å². The Bertz CT molecular complexity index is 1390. The van der Waals surface area contributed by atoms with Gasteiger partial charge in [-0.2, -0.15) is 9.99 Å². The van der Waals surface area contributed by atoms with Crippen LogP contribution in [0.2, 0.25) is 0 Å². The van der Waals surface area contributed by atoms with Gasteiger partial charge in [0.25, 0.3) is 5.19 Å². The quantitative estimate of drug-likeness (QED) is 0.341. The zero-order valence-electron chi connectivity index (χ0n) is 21.2. The smallest absolute Gasteiger partial charge is 0.324 e. The number of pyridine rings is 1. The highest BCUT2D eigenvalue weighted by atomic mass is 32.1. The first-order valence-corrected chi connectivity index (χ1v) is 13.4. The molecule has 192 valence electrons. The van der Waals surface area contributed by atoms with Crippen LogP contribution >= 0.6 is 11.3 Å². The first-order valence-electron chi connectivity index (χ1n) is 12.6. The van der Waals surface area contributed by atoms with Crippen molar-refractivity contribution in [3.63, 3.8) is 0 Å². The summed E-state index contributed by atoms with van der Waals surface area (Å²) in [5, 5.41) is 8.84. The summed E-state index contributed by atoms with van der Waals surface area (Å²) in [7, 11) is 2.01. The van der Waals surface area contributed by atoms with E-state index in [1.54, 1.807) is 0 Å². The Morgan fingerprint density at radius 2 is 1.86 bits per heavy atom. The van der Waals surface area contributed by atoms with E-state index in [0.717, 1.165) is 59.0 Å². The molecule has 1 aromatic carbocycles. The Kier molecular flexibility index (Phi) is 6.47. The monoisotopic (exact) mass is 518 g/mol. The number of hydrogen-bond acceptors (Lipinski definition) is 11. The van der Waals surface area contributed by atoms with Crippen molar-refractivity contribution in [3.05, 3.63) is 42.2 Å². The second-order valence-corrected chi connectivity index (χ2v) is 10.8. The predicted molar refractivity (Wildman–Crippen MR) is 145 cm³/mol. The van der Waals surface area contributed by atoms with E-state index in [9.17, 15) is 0 Å². The second kappa shape index (κ2) is 10.1. The molecule has 2 aliphatic heterocycles. The van der Waals surface area contributed by atoms with Gasteiger partial charge in [0.1, 0.15) is 23.4 Å². The maximum absolute atomic E-state index is 6.11. The second-order valence-electron chi connectivity index (χ2n) is 9.82. The standard InChI is InChI=1S/C26H30N8O2S/c1-17(2)23-30-25(36-31-23)33-12-10-18(11-13-33)14-35-26-29-22-9-8-21(28-24(22)37-26)19-4-6-20(7-5-19)34-16-27-15-32(34)3/h4-9,16-18H,10-15H2,1-3H3. The van der Waals surface area contributed by atoms with Crippen LogP contribution in [0, 0.1) is 5.92 Å². The van der Waals surface area contributed by atoms with Gasteiger partial charge in [0.05, 0.1) is 18.0 Å². The number of hydrogen-bond donors (Lipinski definition) is 0. The molecule has 0 spiro atoms. The molecule has 1 saturated heterocycles. The summed E-state index contributed by atoms with van der Waals surface area (Å²) in [6.07, 6.45) is 3.88. The topological polar surface area (TPSA) is 96.0 Å². The normalized spacial score (nSPS) is 17.0. The number of aliphatic imine (C=N–C) groups is 1. The van der Waals surface area contributed by atoms with Crippen LogP contribution in [0.1, 0.15) is 38.4 Å². The first kappa shape index (κ1) is 23.8. The molecule has 0 amide bonds. The average molecular weight is 519 g/mol. The van der Waals surface area contributed by atoms with Gasteiger partial charge in [-0.05, 0) is 43.0 Å². The van der Waals surface area contributed by atoms with Gasteiger partial charge in [-0.3, -0.25) is 10.0 Å². The zero-order valence-corrected chi connectivity index (χ0v) is 22.1. The molecule has 2 aliphatic rings. The number of ether oxygens (including phenoxy) is 1. The van der Waals surface area contributed by atoms with Gasteiger partial charge in [0.2, 0.25) is 0 Å². The van der Waals surface area contributed by atoms with E-state index in [1.165, 1.54) is 11.3 Å².